The van der Waals surface area contributed by atoms with Crippen LogP contribution in [0.1, 0.15) is 15.6 Å². The second-order valence-corrected chi connectivity index (χ2v) is 4.58. The van der Waals surface area contributed by atoms with Crippen molar-refractivity contribution in [2.75, 3.05) is 6.54 Å². The summed E-state index contributed by atoms with van der Waals surface area (Å²) in [7, 11) is 0. The third-order valence-electron chi connectivity index (χ3n) is 2.11. The molecule has 0 aliphatic carbocycles. The summed E-state index contributed by atoms with van der Waals surface area (Å²) in [5.41, 5.74) is 6.34. The van der Waals surface area contributed by atoms with Crippen LogP contribution in [0.4, 0.5) is 4.39 Å². The Morgan fingerprint density at radius 2 is 2.06 bits per heavy atom. The van der Waals surface area contributed by atoms with Crippen LogP contribution in [0.5, 0.6) is 0 Å². The summed E-state index contributed by atoms with van der Waals surface area (Å²) in [6.45, 7) is 0.578. The van der Waals surface area contributed by atoms with Crippen LogP contribution in [0.3, 0.4) is 0 Å². The molecule has 0 bridgehead atoms. The smallest absolute Gasteiger partial charge is 0.123 e. The Bertz CT molecular complexity index is 470. The number of hydrogen-bond donors (Lipinski definition) is 1. The Labute approximate surface area is 97.1 Å². The van der Waals surface area contributed by atoms with Crippen molar-refractivity contribution >= 4 is 11.3 Å². The van der Waals surface area contributed by atoms with E-state index in [9.17, 15) is 4.39 Å². The fourth-order valence-corrected chi connectivity index (χ4v) is 2.30. The molecule has 0 fully saturated rings. The van der Waals surface area contributed by atoms with Crippen LogP contribution in [0.25, 0.3) is 0 Å². The topological polar surface area (TPSA) is 51.8 Å². The highest BCUT2D eigenvalue weighted by molar-refractivity contribution is 7.11. The normalized spacial score (nSPS) is 10.6. The monoisotopic (exact) mass is 237 g/mol. The van der Waals surface area contributed by atoms with Gasteiger partial charge in [0.05, 0.1) is 0 Å². The highest BCUT2D eigenvalue weighted by atomic mass is 32.1. The van der Waals surface area contributed by atoms with Gasteiger partial charge in [0, 0.05) is 12.8 Å². The van der Waals surface area contributed by atoms with E-state index in [1.54, 1.807) is 6.07 Å². The number of hydrogen-bond acceptors (Lipinski definition) is 4. The molecule has 3 nitrogen and oxygen atoms in total. The Hall–Kier alpha value is -1.33. The number of nitrogens with zero attached hydrogens (tertiary/aromatic N) is 2. The third-order valence-corrected chi connectivity index (χ3v) is 3.09. The van der Waals surface area contributed by atoms with Crippen LogP contribution in [-0.4, -0.2) is 16.7 Å². The Morgan fingerprint density at radius 1 is 1.25 bits per heavy atom. The van der Waals surface area contributed by atoms with Gasteiger partial charge in [0.15, 0.2) is 0 Å². The van der Waals surface area contributed by atoms with Crippen LogP contribution in [0.2, 0.25) is 0 Å². The van der Waals surface area contributed by atoms with Crippen molar-refractivity contribution in [3.63, 3.8) is 0 Å². The molecule has 1 aromatic heterocycles. The summed E-state index contributed by atoms with van der Waals surface area (Å²) < 4.78 is 12.9. The van der Waals surface area contributed by atoms with Crippen molar-refractivity contribution in [2.45, 2.75) is 12.8 Å². The molecule has 0 spiro atoms. The quantitative estimate of drug-likeness (QED) is 0.881. The van der Waals surface area contributed by atoms with Gasteiger partial charge in [-0.3, -0.25) is 0 Å². The lowest BCUT2D eigenvalue weighted by atomic mass is 10.1. The van der Waals surface area contributed by atoms with Crippen molar-refractivity contribution in [3.8, 4) is 0 Å². The average molecular weight is 237 g/mol. The molecular formula is C11H12FN3S. The van der Waals surface area contributed by atoms with E-state index in [2.05, 4.69) is 10.2 Å². The van der Waals surface area contributed by atoms with Gasteiger partial charge in [0.1, 0.15) is 15.8 Å². The van der Waals surface area contributed by atoms with Gasteiger partial charge in [-0.2, -0.15) is 0 Å². The highest BCUT2D eigenvalue weighted by Crippen LogP contribution is 2.15. The number of benzene rings is 1. The first kappa shape index (κ1) is 11.2. The lowest BCUT2D eigenvalue weighted by molar-refractivity contribution is 0.626. The zero-order chi connectivity index (χ0) is 11.4. The summed E-state index contributed by atoms with van der Waals surface area (Å²) >= 11 is 1.53. The maximum atomic E-state index is 12.9. The van der Waals surface area contributed by atoms with Crippen molar-refractivity contribution in [1.29, 1.82) is 0 Å². The first-order chi connectivity index (χ1) is 7.78. The summed E-state index contributed by atoms with van der Waals surface area (Å²) in [6.07, 6.45) is 1.38. The number of halogens is 1. The molecule has 1 aromatic carbocycles. The molecule has 5 heteroatoms. The van der Waals surface area contributed by atoms with Crippen molar-refractivity contribution < 1.29 is 4.39 Å². The molecule has 0 atom stereocenters. The molecule has 84 valence electrons. The largest absolute Gasteiger partial charge is 0.330 e. The van der Waals surface area contributed by atoms with Gasteiger partial charge < -0.3 is 5.73 Å². The van der Waals surface area contributed by atoms with E-state index in [-0.39, 0.29) is 5.82 Å². The summed E-state index contributed by atoms with van der Waals surface area (Å²) in [6, 6.07) is 6.53. The van der Waals surface area contributed by atoms with Crippen LogP contribution >= 0.6 is 11.3 Å². The van der Waals surface area contributed by atoms with Crippen LogP contribution in [-0.2, 0) is 12.8 Å². The van der Waals surface area contributed by atoms with E-state index in [0.717, 1.165) is 22.0 Å². The van der Waals surface area contributed by atoms with Crippen molar-refractivity contribution in [3.05, 3.63) is 45.7 Å². The van der Waals surface area contributed by atoms with Gasteiger partial charge in [-0.1, -0.05) is 12.1 Å². The van der Waals surface area contributed by atoms with Crippen LogP contribution in [0.15, 0.2) is 24.3 Å². The van der Waals surface area contributed by atoms with Gasteiger partial charge in [0.2, 0.25) is 0 Å². The van der Waals surface area contributed by atoms with E-state index in [4.69, 9.17) is 5.73 Å². The van der Waals surface area contributed by atoms with Crippen molar-refractivity contribution in [2.24, 2.45) is 5.73 Å². The molecule has 2 N–H and O–H groups in total. The average Bonchev–Trinajstić information content (AvgIpc) is 2.66. The molecule has 0 radical (unpaired) electrons. The minimum absolute atomic E-state index is 0.218. The van der Waals surface area contributed by atoms with E-state index in [1.165, 1.54) is 23.5 Å². The third kappa shape index (κ3) is 2.84. The van der Waals surface area contributed by atoms with E-state index in [1.807, 2.05) is 6.07 Å². The number of rotatable bonds is 4. The predicted octanol–water partition coefficient (Wildman–Crippen LogP) is 1.77. The SMILES string of the molecule is NCCc1nnc(Cc2cccc(F)c2)s1. The van der Waals surface area contributed by atoms with Gasteiger partial charge >= 0.3 is 0 Å². The molecule has 0 saturated carbocycles. The lowest BCUT2D eigenvalue weighted by Gasteiger charge is -1.96. The predicted molar refractivity (Wildman–Crippen MR) is 61.9 cm³/mol. The molecule has 16 heavy (non-hydrogen) atoms. The van der Waals surface area contributed by atoms with Crippen molar-refractivity contribution in [1.82, 2.24) is 10.2 Å². The molecular weight excluding hydrogens is 225 g/mol. The molecule has 0 aliphatic rings. The molecule has 0 unspecified atom stereocenters. The summed E-state index contributed by atoms with van der Waals surface area (Å²) in [5.74, 6) is -0.218. The first-order valence-corrected chi connectivity index (χ1v) is 5.85. The van der Waals surface area contributed by atoms with Crippen LogP contribution < -0.4 is 5.73 Å². The summed E-state index contributed by atoms with van der Waals surface area (Å²) in [5, 5.41) is 9.91. The maximum Gasteiger partial charge on any atom is 0.123 e. The second-order valence-electron chi connectivity index (χ2n) is 3.43. The van der Waals surface area contributed by atoms with Gasteiger partial charge in [-0.15, -0.1) is 21.5 Å². The van der Waals surface area contributed by atoms with Gasteiger partial charge in [-0.05, 0) is 24.2 Å². The highest BCUT2D eigenvalue weighted by Gasteiger charge is 2.05. The first-order valence-electron chi connectivity index (χ1n) is 5.03. The number of nitrogens with two attached hydrogens (primary N) is 1. The molecule has 1 heterocycles. The number of aromatic nitrogens is 2. The second kappa shape index (κ2) is 5.14. The molecule has 2 rings (SSSR count). The van der Waals surface area contributed by atoms with E-state index >= 15 is 0 Å². The van der Waals surface area contributed by atoms with E-state index in [0.29, 0.717) is 13.0 Å². The molecule has 2 aromatic rings. The Kier molecular flexibility index (Phi) is 3.58. The zero-order valence-electron chi connectivity index (χ0n) is 8.69. The minimum atomic E-state index is -0.218. The molecule has 0 aliphatic heterocycles. The minimum Gasteiger partial charge on any atom is -0.330 e. The maximum absolute atomic E-state index is 12.9. The zero-order valence-corrected chi connectivity index (χ0v) is 9.51. The molecule has 0 saturated heterocycles. The Morgan fingerprint density at radius 3 is 2.81 bits per heavy atom. The standard InChI is InChI=1S/C11H12FN3S/c12-9-3-1-2-8(6-9)7-11-15-14-10(16-11)4-5-13/h1-3,6H,4-5,7,13H2. The fourth-order valence-electron chi connectivity index (χ4n) is 1.41. The van der Waals surface area contributed by atoms with E-state index < -0.39 is 0 Å². The fraction of sp³-hybridized carbons (Fsp3) is 0.273. The lowest BCUT2D eigenvalue weighted by Crippen LogP contribution is -2.01. The van der Waals surface area contributed by atoms with Gasteiger partial charge in [0.25, 0.3) is 0 Å². The summed E-state index contributed by atoms with van der Waals surface area (Å²) in [4.78, 5) is 0. The van der Waals surface area contributed by atoms with Crippen LogP contribution in [0, 0.1) is 5.82 Å². The Balaban J connectivity index is 2.08. The van der Waals surface area contributed by atoms with Gasteiger partial charge in [-0.25, -0.2) is 4.39 Å². The molecule has 0 amide bonds.